The summed E-state index contributed by atoms with van der Waals surface area (Å²) in [6.07, 6.45) is 0. The second kappa shape index (κ2) is 8.24. The van der Waals surface area contributed by atoms with E-state index in [4.69, 9.17) is 4.98 Å². The van der Waals surface area contributed by atoms with Crippen molar-refractivity contribution in [2.24, 2.45) is 0 Å². The van der Waals surface area contributed by atoms with Gasteiger partial charge in [0.15, 0.2) is 0 Å². The molecule has 0 atom stereocenters. The summed E-state index contributed by atoms with van der Waals surface area (Å²) in [4.78, 5) is 21.3. The molecule has 7 heteroatoms. The first-order chi connectivity index (χ1) is 13.6. The number of para-hydroxylation sites is 1. The Labute approximate surface area is 171 Å². The average molecular weight is 443 g/mol. The number of rotatable bonds is 4. The van der Waals surface area contributed by atoms with Crippen molar-refractivity contribution in [1.29, 1.82) is 0 Å². The van der Waals surface area contributed by atoms with Gasteiger partial charge in [-0.3, -0.25) is 9.69 Å². The summed E-state index contributed by atoms with van der Waals surface area (Å²) >= 11 is 3.48. The van der Waals surface area contributed by atoms with Gasteiger partial charge in [0, 0.05) is 36.0 Å². The molecule has 1 amide bonds. The van der Waals surface area contributed by atoms with Gasteiger partial charge in [-0.25, -0.2) is 9.37 Å². The number of carbonyl (C=O) groups excluding carboxylic acids is 1. The van der Waals surface area contributed by atoms with Crippen LogP contribution in [0.4, 0.5) is 15.9 Å². The van der Waals surface area contributed by atoms with Crippen molar-refractivity contribution < 1.29 is 9.18 Å². The third-order valence-electron chi connectivity index (χ3n) is 4.85. The molecule has 1 N–H and O–H groups in total. The summed E-state index contributed by atoms with van der Waals surface area (Å²) in [5, 5.41) is 3.74. The summed E-state index contributed by atoms with van der Waals surface area (Å²) in [6, 6.07) is 16.4. The van der Waals surface area contributed by atoms with Crippen LogP contribution in [0, 0.1) is 5.82 Å². The lowest BCUT2D eigenvalue weighted by Gasteiger charge is -2.35. The van der Waals surface area contributed by atoms with Gasteiger partial charge < -0.3 is 10.2 Å². The van der Waals surface area contributed by atoms with Crippen LogP contribution < -0.4 is 10.2 Å². The van der Waals surface area contributed by atoms with Crippen LogP contribution in [0.3, 0.4) is 0 Å². The smallest absolute Gasteiger partial charge is 0.238 e. The van der Waals surface area contributed by atoms with Crippen LogP contribution in [0.1, 0.15) is 0 Å². The molecule has 4 rings (SSSR count). The van der Waals surface area contributed by atoms with Crippen molar-refractivity contribution in [1.82, 2.24) is 9.88 Å². The first-order valence-electron chi connectivity index (χ1n) is 9.16. The van der Waals surface area contributed by atoms with Crippen molar-refractivity contribution in [3.8, 4) is 0 Å². The fourth-order valence-electron chi connectivity index (χ4n) is 3.35. The topological polar surface area (TPSA) is 48.5 Å². The minimum absolute atomic E-state index is 0.201. The molecule has 3 aromatic rings. The number of aromatic nitrogens is 1. The Bertz CT molecular complexity index is 1000. The summed E-state index contributed by atoms with van der Waals surface area (Å²) in [5.41, 5.74) is 1.19. The van der Waals surface area contributed by atoms with Crippen molar-refractivity contribution >= 4 is 44.2 Å². The maximum absolute atomic E-state index is 13.7. The van der Waals surface area contributed by atoms with Crippen LogP contribution in [0.15, 0.2) is 59.1 Å². The number of benzene rings is 2. The normalized spacial score (nSPS) is 15.0. The Balaban J connectivity index is 1.34. The van der Waals surface area contributed by atoms with Crippen LogP contribution in [-0.4, -0.2) is 48.5 Å². The van der Waals surface area contributed by atoms with Crippen LogP contribution in [0.2, 0.25) is 0 Å². The lowest BCUT2D eigenvalue weighted by atomic mass is 10.2. The third kappa shape index (κ3) is 4.31. The molecule has 1 saturated heterocycles. The number of carbonyl (C=O) groups is 1. The van der Waals surface area contributed by atoms with E-state index in [1.54, 1.807) is 18.2 Å². The summed E-state index contributed by atoms with van der Waals surface area (Å²) in [5.74, 6) is 0.327. The molecule has 0 aliphatic carbocycles. The number of halogens is 2. The lowest BCUT2D eigenvalue weighted by Crippen LogP contribution is -2.49. The molecule has 1 aliphatic heterocycles. The predicted octanol–water partition coefficient (Wildman–Crippen LogP) is 3.90. The molecule has 5 nitrogen and oxygen atoms in total. The van der Waals surface area contributed by atoms with Gasteiger partial charge >= 0.3 is 0 Å². The van der Waals surface area contributed by atoms with Gasteiger partial charge in [0.1, 0.15) is 11.6 Å². The SMILES string of the molecule is O=C(CN1CCN(c2ccc3cc(Br)ccc3n2)CC1)Nc1ccccc1F. The van der Waals surface area contributed by atoms with E-state index in [0.29, 0.717) is 0 Å². The van der Waals surface area contributed by atoms with Gasteiger partial charge in [0.25, 0.3) is 0 Å². The van der Waals surface area contributed by atoms with E-state index in [1.165, 1.54) is 6.07 Å². The number of nitrogens with zero attached hydrogens (tertiary/aromatic N) is 3. The average Bonchev–Trinajstić information content (AvgIpc) is 2.70. The molecule has 28 heavy (non-hydrogen) atoms. The predicted molar refractivity (Wildman–Crippen MR) is 113 cm³/mol. The number of hydrogen-bond donors (Lipinski definition) is 1. The lowest BCUT2D eigenvalue weighted by molar-refractivity contribution is -0.117. The zero-order valence-corrected chi connectivity index (χ0v) is 16.8. The van der Waals surface area contributed by atoms with Gasteiger partial charge in [-0.05, 0) is 42.5 Å². The Morgan fingerprint density at radius 1 is 1.07 bits per heavy atom. The van der Waals surface area contributed by atoms with Crippen LogP contribution >= 0.6 is 15.9 Å². The first-order valence-corrected chi connectivity index (χ1v) is 9.96. The number of anilines is 2. The zero-order chi connectivity index (χ0) is 19.5. The maximum atomic E-state index is 13.7. The standard InChI is InChI=1S/C21H20BrFN4O/c22-16-6-7-18-15(13-16)5-8-20(24-18)27-11-9-26(10-12-27)14-21(28)25-19-4-2-1-3-17(19)23/h1-8,13H,9-12,14H2,(H,25,28). The van der Waals surface area contributed by atoms with Crippen LogP contribution in [0.5, 0.6) is 0 Å². The Morgan fingerprint density at radius 3 is 2.64 bits per heavy atom. The minimum Gasteiger partial charge on any atom is -0.354 e. The highest BCUT2D eigenvalue weighted by Gasteiger charge is 2.20. The summed E-state index contributed by atoms with van der Waals surface area (Å²) < 4.78 is 14.7. The molecule has 1 aromatic heterocycles. The molecule has 1 fully saturated rings. The fraction of sp³-hybridized carbons (Fsp3) is 0.238. The molecule has 0 spiro atoms. The molecular weight excluding hydrogens is 423 g/mol. The van der Waals surface area contributed by atoms with E-state index >= 15 is 0 Å². The van der Waals surface area contributed by atoms with E-state index < -0.39 is 5.82 Å². The number of fused-ring (bicyclic) bond motifs is 1. The first kappa shape index (κ1) is 18.8. The maximum Gasteiger partial charge on any atom is 0.238 e. The van der Waals surface area contributed by atoms with Gasteiger partial charge in [0.05, 0.1) is 17.7 Å². The highest BCUT2D eigenvalue weighted by molar-refractivity contribution is 9.10. The number of hydrogen-bond acceptors (Lipinski definition) is 4. The minimum atomic E-state index is -0.421. The summed E-state index contributed by atoms with van der Waals surface area (Å²) in [7, 11) is 0. The van der Waals surface area contributed by atoms with Crippen LogP contribution in [-0.2, 0) is 4.79 Å². The van der Waals surface area contributed by atoms with Crippen molar-refractivity contribution in [2.45, 2.75) is 0 Å². The number of amides is 1. The monoisotopic (exact) mass is 442 g/mol. The zero-order valence-electron chi connectivity index (χ0n) is 15.2. The Hall–Kier alpha value is -2.51. The fourth-order valence-corrected chi connectivity index (χ4v) is 3.73. The number of piperazine rings is 1. The van der Waals surface area contributed by atoms with Crippen molar-refractivity contribution in [2.75, 3.05) is 42.9 Å². The van der Waals surface area contributed by atoms with E-state index in [9.17, 15) is 9.18 Å². The van der Waals surface area contributed by atoms with Crippen molar-refractivity contribution in [3.63, 3.8) is 0 Å². The van der Waals surface area contributed by atoms with E-state index in [-0.39, 0.29) is 18.1 Å². The molecule has 0 unspecified atom stereocenters. The van der Waals surface area contributed by atoms with E-state index in [2.05, 4.69) is 43.2 Å². The summed E-state index contributed by atoms with van der Waals surface area (Å²) in [6.45, 7) is 3.35. The van der Waals surface area contributed by atoms with Gasteiger partial charge in [-0.1, -0.05) is 28.1 Å². The second-order valence-electron chi connectivity index (χ2n) is 6.80. The van der Waals surface area contributed by atoms with Gasteiger partial charge in [0.2, 0.25) is 5.91 Å². The molecule has 2 heterocycles. The van der Waals surface area contributed by atoms with E-state index in [0.717, 1.165) is 47.4 Å². The van der Waals surface area contributed by atoms with Crippen molar-refractivity contribution in [3.05, 3.63) is 64.9 Å². The highest BCUT2D eigenvalue weighted by atomic mass is 79.9. The van der Waals surface area contributed by atoms with E-state index in [1.807, 2.05) is 18.2 Å². The molecule has 0 radical (unpaired) electrons. The second-order valence-corrected chi connectivity index (χ2v) is 7.71. The quantitative estimate of drug-likeness (QED) is 0.665. The third-order valence-corrected chi connectivity index (χ3v) is 5.34. The molecular formula is C21H20BrFN4O. The van der Waals surface area contributed by atoms with Gasteiger partial charge in [-0.2, -0.15) is 0 Å². The molecule has 144 valence electrons. The Morgan fingerprint density at radius 2 is 1.86 bits per heavy atom. The van der Waals surface area contributed by atoms with Crippen LogP contribution in [0.25, 0.3) is 10.9 Å². The highest BCUT2D eigenvalue weighted by Crippen LogP contribution is 2.22. The number of nitrogens with one attached hydrogen (secondary N) is 1. The molecule has 2 aromatic carbocycles. The molecule has 0 saturated carbocycles. The largest absolute Gasteiger partial charge is 0.354 e. The number of pyridine rings is 1. The molecule has 1 aliphatic rings. The van der Waals surface area contributed by atoms with Gasteiger partial charge in [-0.15, -0.1) is 0 Å². The molecule has 0 bridgehead atoms. The Kier molecular flexibility index (Phi) is 5.54.